The van der Waals surface area contributed by atoms with Gasteiger partial charge in [-0.05, 0) is 35.7 Å². The zero-order valence-corrected chi connectivity index (χ0v) is 16.0. The van der Waals surface area contributed by atoms with Crippen LogP contribution in [0.5, 0.6) is 11.5 Å². The molecular formula is C21H12F2N2O4S. The maximum Gasteiger partial charge on any atom is 0.282 e. The van der Waals surface area contributed by atoms with Gasteiger partial charge in [-0.1, -0.05) is 6.07 Å². The van der Waals surface area contributed by atoms with Gasteiger partial charge in [0, 0.05) is 22.7 Å². The predicted octanol–water partition coefficient (Wildman–Crippen LogP) is 4.15. The van der Waals surface area contributed by atoms with E-state index >= 15 is 0 Å². The summed E-state index contributed by atoms with van der Waals surface area (Å²) in [4.78, 5) is 27.6. The van der Waals surface area contributed by atoms with Gasteiger partial charge in [-0.2, -0.15) is 0 Å². The first-order valence-electron chi connectivity index (χ1n) is 8.81. The fourth-order valence-corrected chi connectivity index (χ4v) is 4.06. The van der Waals surface area contributed by atoms with Crippen molar-refractivity contribution in [2.75, 3.05) is 17.0 Å². The third-order valence-corrected chi connectivity index (χ3v) is 5.53. The molecule has 0 atom stereocenters. The van der Waals surface area contributed by atoms with Crippen LogP contribution in [0.4, 0.5) is 20.2 Å². The Bertz CT molecular complexity index is 1220. The van der Waals surface area contributed by atoms with E-state index in [0.717, 1.165) is 12.1 Å². The lowest BCUT2D eigenvalue weighted by Gasteiger charge is -2.16. The topological polar surface area (TPSA) is 67.9 Å². The van der Waals surface area contributed by atoms with Gasteiger partial charge in [-0.3, -0.25) is 9.59 Å². The molecule has 9 heteroatoms. The van der Waals surface area contributed by atoms with E-state index in [1.807, 2.05) is 0 Å². The molecule has 2 aromatic carbocycles. The number of amides is 2. The highest BCUT2D eigenvalue weighted by molar-refractivity contribution is 7.11. The molecule has 2 amide bonds. The van der Waals surface area contributed by atoms with Crippen LogP contribution in [-0.4, -0.2) is 18.6 Å². The molecule has 3 heterocycles. The molecule has 0 fully saturated rings. The Morgan fingerprint density at radius 2 is 1.80 bits per heavy atom. The summed E-state index contributed by atoms with van der Waals surface area (Å²) in [5, 5.41) is 4.73. The molecule has 0 saturated carbocycles. The summed E-state index contributed by atoms with van der Waals surface area (Å²) in [6.45, 7) is 0.0942. The van der Waals surface area contributed by atoms with Crippen molar-refractivity contribution < 1.29 is 27.8 Å². The van der Waals surface area contributed by atoms with Gasteiger partial charge in [0.05, 0.1) is 11.3 Å². The number of rotatable bonds is 4. The normalized spacial score (nSPS) is 15.3. The molecule has 0 saturated heterocycles. The van der Waals surface area contributed by atoms with Gasteiger partial charge < -0.3 is 14.8 Å². The molecule has 30 heavy (non-hydrogen) atoms. The molecule has 1 aromatic heterocycles. The van der Waals surface area contributed by atoms with Crippen LogP contribution in [0.25, 0.3) is 5.57 Å². The third-order valence-electron chi connectivity index (χ3n) is 4.64. The Balaban J connectivity index is 1.58. The number of halogens is 2. The second-order valence-electron chi connectivity index (χ2n) is 6.46. The largest absolute Gasteiger partial charge is 0.454 e. The molecule has 2 aliphatic heterocycles. The summed E-state index contributed by atoms with van der Waals surface area (Å²) < 4.78 is 38.3. The van der Waals surface area contributed by atoms with Gasteiger partial charge in [0.1, 0.15) is 17.3 Å². The Labute approximate surface area is 173 Å². The van der Waals surface area contributed by atoms with Crippen LogP contribution in [0.3, 0.4) is 0 Å². The van der Waals surface area contributed by atoms with E-state index in [2.05, 4.69) is 5.32 Å². The van der Waals surface area contributed by atoms with Crippen molar-refractivity contribution >= 4 is 40.1 Å². The molecule has 0 aliphatic carbocycles. The van der Waals surface area contributed by atoms with Gasteiger partial charge in [0.25, 0.3) is 11.8 Å². The monoisotopic (exact) mass is 426 g/mol. The van der Waals surface area contributed by atoms with Crippen LogP contribution in [-0.2, 0) is 9.59 Å². The van der Waals surface area contributed by atoms with Crippen LogP contribution in [0, 0.1) is 11.6 Å². The highest BCUT2D eigenvalue weighted by Crippen LogP contribution is 2.38. The molecular weight excluding hydrogens is 414 g/mol. The van der Waals surface area contributed by atoms with Gasteiger partial charge in [-0.15, -0.1) is 11.3 Å². The summed E-state index contributed by atoms with van der Waals surface area (Å²) in [7, 11) is 0. The SMILES string of the molecule is O=C1C(Nc2ccc3c(c2)OCO3)=C(c2cccs2)C(=O)N1c1ccc(F)cc1F. The van der Waals surface area contributed by atoms with E-state index in [-0.39, 0.29) is 23.8 Å². The van der Waals surface area contributed by atoms with Crippen molar-refractivity contribution in [2.24, 2.45) is 0 Å². The van der Waals surface area contributed by atoms with Gasteiger partial charge in [-0.25, -0.2) is 13.7 Å². The Morgan fingerprint density at radius 1 is 0.967 bits per heavy atom. The van der Waals surface area contributed by atoms with E-state index in [4.69, 9.17) is 9.47 Å². The number of fused-ring (bicyclic) bond motifs is 1. The highest BCUT2D eigenvalue weighted by atomic mass is 32.1. The number of ether oxygens (including phenoxy) is 2. The first-order valence-corrected chi connectivity index (χ1v) is 9.69. The van der Waals surface area contributed by atoms with E-state index < -0.39 is 23.4 Å². The smallest absolute Gasteiger partial charge is 0.282 e. The summed E-state index contributed by atoms with van der Waals surface area (Å²) in [6, 6.07) is 11.1. The van der Waals surface area contributed by atoms with Crippen LogP contribution in [0.15, 0.2) is 59.6 Å². The van der Waals surface area contributed by atoms with Crippen molar-refractivity contribution in [3.8, 4) is 11.5 Å². The molecule has 3 aromatic rings. The number of imide groups is 1. The molecule has 5 rings (SSSR count). The minimum absolute atomic E-state index is 0.00922. The molecule has 2 aliphatic rings. The van der Waals surface area contributed by atoms with Crippen LogP contribution >= 0.6 is 11.3 Å². The first kappa shape index (κ1) is 18.3. The highest BCUT2D eigenvalue weighted by Gasteiger charge is 2.42. The van der Waals surface area contributed by atoms with E-state index in [0.29, 0.717) is 33.0 Å². The molecule has 0 spiro atoms. The van der Waals surface area contributed by atoms with Crippen LogP contribution in [0.1, 0.15) is 4.88 Å². The number of hydrogen-bond donors (Lipinski definition) is 1. The fraction of sp³-hybridized carbons (Fsp3) is 0.0476. The molecule has 6 nitrogen and oxygen atoms in total. The Morgan fingerprint density at radius 3 is 2.57 bits per heavy atom. The number of nitrogens with zero attached hydrogens (tertiary/aromatic N) is 1. The number of thiophene rings is 1. The molecule has 0 radical (unpaired) electrons. The Hall–Kier alpha value is -3.72. The maximum atomic E-state index is 14.4. The summed E-state index contributed by atoms with van der Waals surface area (Å²) in [5.41, 5.74) is 0.273. The second-order valence-corrected chi connectivity index (χ2v) is 7.41. The van der Waals surface area contributed by atoms with Crippen molar-refractivity contribution in [3.05, 3.63) is 76.1 Å². The maximum absolute atomic E-state index is 14.4. The predicted molar refractivity (Wildman–Crippen MR) is 106 cm³/mol. The van der Waals surface area contributed by atoms with Crippen molar-refractivity contribution in [2.45, 2.75) is 0 Å². The van der Waals surface area contributed by atoms with E-state index in [1.54, 1.807) is 35.7 Å². The average Bonchev–Trinajstić information content (AvgIpc) is 3.44. The number of carbonyl (C=O) groups is 2. The minimum atomic E-state index is -1.01. The molecule has 0 bridgehead atoms. The van der Waals surface area contributed by atoms with Crippen molar-refractivity contribution in [1.29, 1.82) is 0 Å². The van der Waals surface area contributed by atoms with Gasteiger partial charge in [0.2, 0.25) is 6.79 Å². The average molecular weight is 426 g/mol. The lowest BCUT2D eigenvalue weighted by Crippen LogP contribution is -2.33. The molecule has 150 valence electrons. The molecule has 0 unspecified atom stereocenters. The van der Waals surface area contributed by atoms with Crippen LogP contribution < -0.4 is 19.7 Å². The third kappa shape index (κ3) is 2.91. The minimum Gasteiger partial charge on any atom is -0.454 e. The number of nitrogens with one attached hydrogen (secondary N) is 1. The van der Waals surface area contributed by atoms with Gasteiger partial charge >= 0.3 is 0 Å². The van der Waals surface area contributed by atoms with Crippen molar-refractivity contribution in [1.82, 2.24) is 0 Å². The molecule has 1 N–H and O–H groups in total. The summed E-state index contributed by atoms with van der Waals surface area (Å²) in [6.07, 6.45) is 0. The van der Waals surface area contributed by atoms with Crippen molar-refractivity contribution in [3.63, 3.8) is 0 Å². The standard InChI is InChI=1S/C21H12F2N2O4S/c22-11-3-5-14(13(23)8-11)25-20(26)18(17-2-1-7-30-17)19(21(25)27)24-12-4-6-15-16(9-12)29-10-28-15/h1-9,24H,10H2. The summed E-state index contributed by atoms with van der Waals surface area (Å²) in [5.74, 6) is -2.19. The zero-order valence-electron chi connectivity index (χ0n) is 15.1. The first-order chi connectivity index (χ1) is 14.5. The van der Waals surface area contributed by atoms with E-state index in [9.17, 15) is 18.4 Å². The number of anilines is 2. The lowest BCUT2D eigenvalue weighted by molar-refractivity contribution is -0.120. The second kappa shape index (κ2) is 6.96. The number of hydrogen-bond acceptors (Lipinski definition) is 6. The lowest BCUT2D eigenvalue weighted by atomic mass is 10.1. The number of carbonyl (C=O) groups excluding carboxylic acids is 2. The quantitative estimate of drug-likeness (QED) is 0.635. The fourth-order valence-electron chi connectivity index (χ4n) is 3.30. The zero-order chi connectivity index (χ0) is 20.8. The number of benzene rings is 2. The van der Waals surface area contributed by atoms with Gasteiger partial charge in [0.15, 0.2) is 11.5 Å². The Kier molecular flexibility index (Phi) is 4.25. The summed E-state index contributed by atoms with van der Waals surface area (Å²) >= 11 is 1.27. The van der Waals surface area contributed by atoms with E-state index in [1.165, 1.54) is 11.3 Å². The van der Waals surface area contributed by atoms with Crippen LogP contribution in [0.2, 0.25) is 0 Å².